The first-order valence-corrected chi connectivity index (χ1v) is 7.35. The number of halogens is 2. The molecule has 0 spiro atoms. The van der Waals surface area contributed by atoms with E-state index in [0.717, 1.165) is 4.90 Å². The molecule has 118 valence electrons. The van der Waals surface area contributed by atoms with Gasteiger partial charge in [0, 0.05) is 5.02 Å². The lowest BCUT2D eigenvalue weighted by Gasteiger charge is -2.11. The van der Waals surface area contributed by atoms with Gasteiger partial charge >= 0.3 is 12.1 Å². The van der Waals surface area contributed by atoms with Crippen molar-refractivity contribution in [3.05, 3.63) is 27.7 Å². The normalized spacial score (nSPS) is 13.7. The summed E-state index contributed by atoms with van der Waals surface area (Å²) >= 11 is 9.02. The predicted octanol–water partition coefficient (Wildman–Crippen LogP) is 2.00. The van der Waals surface area contributed by atoms with Crippen LogP contribution in [0.2, 0.25) is 5.02 Å². The number of hydrogen-bond acceptors (Lipinski definition) is 6. The molecule has 0 aromatic heterocycles. The Hall–Kier alpha value is -1.80. The van der Waals surface area contributed by atoms with Gasteiger partial charge in [0.05, 0.1) is 11.0 Å². The minimum absolute atomic E-state index is 0.145. The summed E-state index contributed by atoms with van der Waals surface area (Å²) < 4.78 is 15.2. The largest absolute Gasteiger partial charge is 0.481 e. The van der Waals surface area contributed by atoms with Crippen molar-refractivity contribution in [1.29, 1.82) is 0 Å². The lowest BCUT2D eigenvalue weighted by molar-refractivity contribution is -0.152. The smallest absolute Gasteiger partial charge is 0.416 e. The molecule has 0 N–H and O–H groups in total. The van der Waals surface area contributed by atoms with E-state index in [0.29, 0.717) is 15.2 Å². The lowest BCUT2D eigenvalue weighted by Crippen LogP contribution is -2.35. The third-order valence-electron chi connectivity index (χ3n) is 2.66. The molecule has 22 heavy (non-hydrogen) atoms. The van der Waals surface area contributed by atoms with Crippen LogP contribution in [0.15, 0.2) is 22.7 Å². The highest BCUT2D eigenvalue weighted by atomic mass is 79.9. The van der Waals surface area contributed by atoms with E-state index in [1.54, 1.807) is 18.2 Å². The Balaban J connectivity index is 1.76. The Morgan fingerprint density at radius 3 is 2.77 bits per heavy atom. The van der Waals surface area contributed by atoms with Crippen molar-refractivity contribution in [2.45, 2.75) is 0 Å². The Kier molecular flexibility index (Phi) is 5.62. The van der Waals surface area contributed by atoms with Gasteiger partial charge in [0.2, 0.25) is 0 Å². The van der Waals surface area contributed by atoms with Crippen molar-refractivity contribution < 1.29 is 28.6 Å². The number of cyclic esters (lactones) is 1. The summed E-state index contributed by atoms with van der Waals surface area (Å²) in [4.78, 5) is 35.1. The van der Waals surface area contributed by atoms with Gasteiger partial charge in [-0.2, -0.15) is 0 Å². The highest BCUT2D eigenvalue weighted by molar-refractivity contribution is 9.10. The maximum atomic E-state index is 11.6. The summed E-state index contributed by atoms with van der Waals surface area (Å²) in [6.07, 6.45) is -0.734. The Morgan fingerprint density at radius 1 is 1.36 bits per heavy atom. The van der Waals surface area contributed by atoms with Crippen LogP contribution < -0.4 is 4.74 Å². The molecule has 7 nitrogen and oxygen atoms in total. The van der Waals surface area contributed by atoms with E-state index in [9.17, 15) is 14.4 Å². The zero-order valence-electron chi connectivity index (χ0n) is 11.2. The van der Waals surface area contributed by atoms with E-state index in [-0.39, 0.29) is 19.8 Å². The third kappa shape index (κ3) is 4.35. The molecule has 1 heterocycles. The highest BCUT2D eigenvalue weighted by Gasteiger charge is 2.28. The van der Waals surface area contributed by atoms with Crippen molar-refractivity contribution >= 4 is 45.5 Å². The zero-order valence-corrected chi connectivity index (χ0v) is 13.6. The molecule has 1 fully saturated rings. The van der Waals surface area contributed by atoms with Gasteiger partial charge in [-0.05, 0) is 34.1 Å². The number of nitrogens with zero attached hydrogens (tertiary/aromatic N) is 1. The van der Waals surface area contributed by atoms with E-state index in [1.165, 1.54) is 0 Å². The summed E-state index contributed by atoms with van der Waals surface area (Å²) in [5, 5.41) is 0.518. The van der Waals surface area contributed by atoms with Crippen LogP contribution in [0.4, 0.5) is 4.79 Å². The van der Waals surface area contributed by atoms with E-state index in [4.69, 9.17) is 21.1 Å². The lowest BCUT2D eigenvalue weighted by atomic mass is 10.3. The molecule has 0 saturated carbocycles. The van der Waals surface area contributed by atoms with Crippen LogP contribution >= 0.6 is 27.5 Å². The quantitative estimate of drug-likeness (QED) is 0.713. The molecular formula is C13H11BrClNO6. The Morgan fingerprint density at radius 2 is 2.14 bits per heavy atom. The topological polar surface area (TPSA) is 82.1 Å². The molecule has 1 aromatic rings. The van der Waals surface area contributed by atoms with Crippen molar-refractivity contribution in [2.75, 3.05) is 26.4 Å². The monoisotopic (exact) mass is 391 g/mol. The van der Waals surface area contributed by atoms with Gasteiger partial charge in [0.15, 0.2) is 13.2 Å². The molecule has 0 atom stereocenters. The third-order valence-corrected chi connectivity index (χ3v) is 3.51. The Labute approximate surface area is 139 Å². The van der Waals surface area contributed by atoms with E-state index in [2.05, 4.69) is 20.7 Å². The molecule has 0 radical (unpaired) electrons. The zero-order chi connectivity index (χ0) is 16.1. The van der Waals surface area contributed by atoms with Crippen LogP contribution in [-0.2, 0) is 19.1 Å². The maximum Gasteiger partial charge on any atom is 0.416 e. The first kappa shape index (κ1) is 16.6. The van der Waals surface area contributed by atoms with E-state index >= 15 is 0 Å². The number of hydrogen-bond donors (Lipinski definition) is 0. The second-order valence-electron chi connectivity index (χ2n) is 4.18. The summed E-state index contributed by atoms with van der Waals surface area (Å²) in [7, 11) is 0. The molecule has 0 unspecified atom stereocenters. The second-order valence-corrected chi connectivity index (χ2v) is 5.47. The summed E-state index contributed by atoms with van der Waals surface area (Å²) in [5.41, 5.74) is 0. The number of rotatable bonds is 5. The van der Waals surface area contributed by atoms with Gasteiger partial charge in [0.1, 0.15) is 12.4 Å². The summed E-state index contributed by atoms with van der Waals surface area (Å²) in [6.45, 7) is -0.618. The molecule has 2 rings (SSSR count). The van der Waals surface area contributed by atoms with Gasteiger partial charge in [-0.25, -0.2) is 14.5 Å². The minimum Gasteiger partial charge on any atom is -0.481 e. The first-order valence-electron chi connectivity index (χ1n) is 6.18. The first-order chi connectivity index (χ1) is 10.5. The van der Waals surface area contributed by atoms with Gasteiger partial charge in [-0.15, -0.1) is 0 Å². The average molecular weight is 393 g/mol. The fraction of sp³-hybridized carbons (Fsp3) is 0.308. The number of carbonyl (C=O) groups is 3. The van der Waals surface area contributed by atoms with Crippen LogP contribution in [0.3, 0.4) is 0 Å². The number of imide groups is 1. The molecule has 0 bridgehead atoms. The molecule has 0 aliphatic carbocycles. The number of benzene rings is 1. The number of esters is 1. The standard InChI is InChI=1S/C13H11BrClNO6/c14-9-5-8(15)1-2-10(9)21-7-12(18)22-6-11(17)16-3-4-20-13(16)19/h1-2,5H,3-4,6-7H2. The van der Waals surface area contributed by atoms with Crippen molar-refractivity contribution in [3.63, 3.8) is 0 Å². The number of ether oxygens (including phenoxy) is 3. The minimum atomic E-state index is -0.734. The average Bonchev–Trinajstić information content (AvgIpc) is 2.90. The van der Waals surface area contributed by atoms with Crippen LogP contribution in [-0.4, -0.2) is 49.2 Å². The number of carbonyl (C=O) groups excluding carboxylic acids is 3. The maximum absolute atomic E-state index is 11.6. The van der Waals surface area contributed by atoms with E-state index in [1.807, 2.05) is 0 Å². The molecule has 1 saturated heterocycles. The van der Waals surface area contributed by atoms with Gasteiger partial charge in [-0.1, -0.05) is 11.6 Å². The molecule has 1 aliphatic rings. The molecule has 2 amide bonds. The summed E-state index contributed by atoms with van der Waals surface area (Å²) in [6, 6.07) is 4.81. The Bertz CT molecular complexity index is 608. The fourth-order valence-corrected chi connectivity index (χ4v) is 2.41. The molecular weight excluding hydrogens is 382 g/mol. The van der Waals surface area contributed by atoms with Crippen LogP contribution in [0.5, 0.6) is 5.75 Å². The van der Waals surface area contributed by atoms with Gasteiger partial charge in [-0.3, -0.25) is 4.79 Å². The van der Waals surface area contributed by atoms with Crippen molar-refractivity contribution in [3.8, 4) is 5.75 Å². The second kappa shape index (κ2) is 7.46. The SMILES string of the molecule is O=C(COc1ccc(Cl)cc1Br)OCC(=O)N1CCOC1=O. The van der Waals surface area contributed by atoms with Crippen LogP contribution in [0.25, 0.3) is 0 Å². The van der Waals surface area contributed by atoms with E-state index < -0.39 is 24.6 Å². The van der Waals surface area contributed by atoms with Gasteiger partial charge < -0.3 is 14.2 Å². The molecule has 1 aromatic carbocycles. The fourth-order valence-electron chi connectivity index (χ4n) is 1.61. The van der Waals surface area contributed by atoms with Crippen molar-refractivity contribution in [1.82, 2.24) is 4.90 Å². The highest BCUT2D eigenvalue weighted by Crippen LogP contribution is 2.27. The van der Waals surface area contributed by atoms with Crippen LogP contribution in [0, 0.1) is 0 Å². The molecule has 1 aliphatic heterocycles. The van der Waals surface area contributed by atoms with Crippen molar-refractivity contribution in [2.24, 2.45) is 0 Å². The molecule has 9 heteroatoms. The number of amides is 2. The van der Waals surface area contributed by atoms with Crippen LogP contribution in [0.1, 0.15) is 0 Å². The van der Waals surface area contributed by atoms with Gasteiger partial charge in [0.25, 0.3) is 5.91 Å². The predicted molar refractivity (Wildman–Crippen MR) is 78.7 cm³/mol. The summed E-state index contributed by atoms with van der Waals surface area (Å²) in [5.74, 6) is -0.956.